The van der Waals surface area contributed by atoms with Crippen LogP contribution in [0.3, 0.4) is 0 Å². The van der Waals surface area contributed by atoms with Gasteiger partial charge in [0.2, 0.25) is 5.91 Å². The Bertz CT molecular complexity index is 328. The molecular weight excluding hydrogens is 238 g/mol. The van der Waals surface area contributed by atoms with E-state index in [1.165, 1.54) is 4.90 Å². The van der Waals surface area contributed by atoms with Gasteiger partial charge in [0.1, 0.15) is 6.04 Å². The van der Waals surface area contributed by atoms with Crippen LogP contribution in [0.4, 0.5) is 0 Å². The Labute approximate surface area is 106 Å². The molecule has 0 N–H and O–H groups in total. The maximum atomic E-state index is 11.6. The molecule has 0 spiro atoms. The van der Waals surface area contributed by atoms with Crippen molar-refractivity contribution in [2.45, 2.75) is 39.2 Å². The van der Waals surface area contributed by atoms with E-state index in [1.54, 1.807) is 13.8 Å². The molecule has 1 saturated heterocycles. The SMILES string of the molecule is CCOC(=O)CCN1C(=O)CC[C@H]1C(=O)OCC. The zero-order valence-electron chi connectivity index (χ0n) is 10.8. The molecule has 0 aliphatic carbocycles. The predicted molar refractivity (Wildman–Crippen MR) is 62.6 cm³/mol. The van der Waals surface area contributed by atoms with E-state index in [1.807, 2.05) is 0 Å². The maximum absolute atomic E-state index is 11.6. The molecular formula is C12H19NO5. The number of hydrogen-bond donors (Lipinski definition) is 0. The number of carbonyl (C=O) groups excluding carboxylic acids is 3. The van der Waals surface area contributed by atoms with Crippen LogP contribution in [-0.4, -0.2) is 48.5 Å². The number of esters is 2. The van der Waals surface area contributed by atoms with E-state index < -0.39 is 12.0 Å². The highest BCUT2D eigenvalue weighted by Crippen LogP contribution is 2.20. The van der Waals surface area contributed by atoms with Gasteiger partial charge in [0, 0.05) is 13.0 Å². The van der Waals surface area contributed by atoms with Gasteiger partial charge < -0.3 is 14.4 Å². The first kappa shape index (κ1) is 14.5. The van der Waals surface area contributed by atoms with Crippen LogP contribution in [0, 0.1) is 0 Å². The van der Waals surface area contributed by atoms with E-state index in [0.717, 1.165) is 0 Å². The van der Waals surface area contributed by atoms with Gasteiger partial charge in [0.15, 0.2) is 0 Å². The molecule has 0 bridgehead atoms. The van der Waals surface area contributed by atoms with Crippen molar-refractivity contribution in [1.82, 2.24) is 4.90 Å². The summed E-state index contributed by atoms with van der Waals surface area (Å²) in [4.78, 5) is 35.9. The number of amides is 1. The van der Waals surface area contributed by atoms with Crippen molar-refractivity contribution in [3.05, 3.63) is 0 Å². The highest BCUT2D eigenvalue weighted by atomic mass is 16.5. The number of hydrogen-bond acceptors (Lipinski definition) is 5. The smallest absolute Gasteiger partial charge is 0.328 e. The number of nitrogens with zero attached hydrogens (tertiary/aromatic N) is 1. The van der Waals surface area contributed by atoms with Crippen molar-refractivity contribution < 1.29 is 23.9 Å². The molecule has 6 heteroatoms. The molecule has 0 saturated carbocycles. The van der Waals surface area contributed by atoms with E-state index in [0.29, 0.717) is 19.4 Å². The number of likely N-dealkylation sites (tertiary alicyclic amines) is 1. The predicted octanol–water partition coefficient (Wildman–Crippen LogP) is 0.494. The van der Waals surface area contributed by atoms with Gasteiger partial charge in [-0.1, -0.05) is 0 Å². The summed E-state index contributed by atoms with van der Waals surface area (Å²) in [6.07, 6.45) is 0.891. The van der Waals surface area contributed by atoms with E-state index in [9.17, 15) is 14.4 Å². The Balaban J connectivity index is 2.51. The summed E-state index contributed by atoms with van der Waals surface area (Å²) in [6, 6.07) is -0.549. The van der Waals surface area contributed by atoms with Crippen LogP contribution in [0.5, 0.6) is 0 Å². The van der Waals surface area contributed by atoms with Gasteiger partial charge in [0.25, 0.3) is 0 Å². The van der Waals surface area contributed by atoms with Gasteiger partial charge in [-0.05, 0) is 20.3 Å². The van der Waals surface area contributed by atoms with Crippen LogP contribution >= 0.6 is 0 Å². The molecule has 0 aromatic rings. The Kier molecular flexibility index (Phi) is 5.61. The first-order valence-electron chi connectivity index (χ1n) is 6.21. The fourth-order valence-electron chi connectivity index (χ4n) is 1.94. The number of rotatable bonds is 6. The summed E-state index contributed by atoms with van der Waals surface area (Å²) in [5.74, 6) is -0.871. The van der Waals surface area contributed by atoms with Crippen LogP contribution in [0.1, 0.15) is 33.1 Å². The molecule has 6 nitrogen and oxygen atoms in total. The van der Waals surface area contributed by atoms with Crippen LogP contribution in [-0.2, 0) is 23.9 Å². The summed E-state index contributed by atoms with van der Waals surface area (Å²) in [5.41, 5.74) is 0. The van der Waals surface area contributed by atoms with Crippen molar-refractivity contribution in [2.75, 3.05) is 19.8 Å². The highest BCUT2D eigenvalue weighted by Gasteiger charge is 2.36. The fraction of sp³-hybridized carbons (Fsp3) is 0.750. The summed E-state index contributed by atoms with van der Waals surface area (Å²) in [6.45, 7) is 4.25. The largest absolute Gasteiger partial charge is 0.466 e. The molecule has 1 rings (SSSR count). The Morgan fingerprint density at radius 2 is 1.94 bits per heavy atom. The quantitative estimate of drug-likeness (QED) is 0.648. The van der Waals surface area contributed by atoms with E-state index in [2.05, 4.69) is 0 Å². The van der Waals surface area contributed by atoms with Crippen molar-refractivity contribution in [1.29, 1.82) is 0 Å². The minimum Gasteiger partial charge on any atom is -0.466 e. The third kappa shape index (κ3) is 3.72. The van der Waals surface area contributed by atoms with Crippen molar-refractivity contribution in [3.8, 4) is 0 Å². The Morgan fingerprint density at radius 1 is 1.28 bits per heavy atom. The number of ether oxygens (including phenoxy) is 2. The van der Waals surface area contributed by atoms with Gasteiger partial charge in [0.05, 0.1) is 19.6 Å². The lowest BCUT2D eigenvalue weighted by molar-refractivity contribution is -0.153. The standard InChI is InChI=1S/C12H19NO5/c1-3-17-11(15)7-8-13-9(5-6-10(13)14)12(16)18-4-2/h9H,3-8H2,1-2H3/t9-/m0/s1. The van der Waals surface area contributed by atoms with Gasteiger partial charge in [-0.25, -0.2) is 4.79 Å². The fourth-order valence-corrected chi connectivity index (χ4v) is 1.94. The summed E-state index contributed by atoms with van der Waals surface area (Å²) < 4.78 is 9.70. The second-order valence-electron chi connectivity index (χ2n) is 3.95. The lowest BCUT2D eigenvalue weighted by Gasteiger charge is -2.22. The van der Waals surface area contributed by atoms with Crippen molar-refractivity contribution in [3.63, 3.8) is 0 Å². The lowest BCUT2D eigenvalue weighted by Crippen LogP contribution is -2.40. The Hall–Kier alpha value is -1.59. The van der Waals surface area contributed by atoms with E-state index >= 15 is 0 Å². The van der Waals surface area contributed by atoms with Gasteiger partial charge in [-0.3, -0.25) is 9.59 Å². The van der Waals surface area contributed by atoms with Crippen molar-refractivity contribution in [2.24, 2.45) is 0 Å². The topological polar surface area (TPSA) is 72.9 Å². The normalized spacial score (nSPS) is 18.9. The van der Waals surface area contributed by atoms with Gasteiger partial charge >= 0.3 is 11.9 Å². The molecule has 1 amide bonds. The third-order valence-electron chi connectivity index (χ3n) is 2.75. The maximum Gasteiger partial charge on any atom is 0.328 e. The second-order valence-corrected chi connectivity index (χ2v) is 3.95. The van der Waals surface area contributed by atoms with Crippen LogP contribution in [0.25, 0.3) is 0 Å². The lowest BCUT2D eigenvalue weighted by atomic mass is 10.2. The molecule has 18 heavy (non-hydrogen) atoms. The van der Waals surface area contributed by atoms with Crippen LogP contribution in [0.2, 0.25) is 0 Å². The van der Waals surface area contributed by atoms with Gasteiger partial charge in [-0.2, -0.15) is 0 Å². The van der Waals surface area contributed by atoms with Crippen molar-refractivity contribution >= 4 is 17.8 Å². The molecule has 102 valence electrons. The molecule has 1 heterocycles. The third-order valence-corrected chi connectivity index (χ3v) is 2.75. The van der Waals surface area contributed by atoms with Gasteiger partial charge in [-0.15, -0.1) is 0 Å². The van der Waals surface area contributed by atoms with Crippen LogP contribution in [0.15, 0.2) is 0 Å². The average molecular weight is 257 g/mol. The minimum atomic E-state index is -0.549. The monoisotopic (exact) mass is 257 g/mol. The first-order valence-corrected chi connectivity index (χ1v) is 6.21. The molecule has 1 atom stereocenters. The average Bonchev–Trinajstić information content (AvgIpc) is 2.69. The van der Waals surface area contributed by atoms with E-state index in [4.69, 9.17) is 9.47 Å². The Morgan fingerprint density at radius 3 is 2.56 bits per heavy atom. The second kappa shape index (κ2) is 6.98. The highest BCUT2D eigenvalue weighted by molar-refractivity contribution is 5.88. The molecule has 0 aromatic carbocycles. The molecule has 1 aliphatic rings. The molecule has 0 radical (unpaired) electrons. The number of carbonyl (C=O) groups is 3. The molecule has 1 fully saturated rings. The zero-order chi connectivity index (χ0) is 13.5. The van der Waals surface area contributed by atoms with Crippen LogP contribution < -0.4 is 0 Å². The summed E-state index contributed by atoms with van der Waals surface area (Å²) >= 11 is 0. The minimum absolute atomic E-state index is 0.107. The summed E-state index contributed by atoms with van der Waals surface area (Å²) in [7, 11) is 0. The zero-order valence-corrected chi connectivity index (χ0v) is 10.8. The first-order chi connectivity index (χ1) is 8.60. The molecule has 0 aromatic heterocycles. The molecule has 1 aliphatic heterocycles. The summed E-state index contributed by atoms with van der Waals surface area (Å²) in [5, 5.41) is 0. The van der Waals surface area contributed by atoms with E-state index in [-0.39, 0.29) is 31.4 Å². The molecule has 0 unspecified atom stereocenters.